The first-order chi connectivity index (χ1) is 6.47. The first kappa shape index (κ1) is 11.0. The normalized spacial score (nSPS) is 11.6. The second kappa shape index (κ2) is 3.98. The number of phenols is 1. The molecule has 1 aromatic rings. The van der Waals surface area contributed by atoms with Gasteiger partial charge in [0.15, 0.2) is 0 Å². The highest BCUT2D eigenvalue weighted by Gasteiger charge is 2.15. The van der Waals surface area contributed by atoms with E-state index < -0.39 is 10.0 Å². The van der Waals surface area contributed by atoms with Gasteiger partial charge in [-0.25, -0.2) is 13.1 Å². The summed E-state index contributed by atoms with van der Waals surface area (Å²) in [5.74, 6) is -0.0490. The lowest BCUT2D eigenvalue weighted by Gasteiger charge is -2.07. The Bertz CT molecular complexity index is 426. The topological polar surface area (TPSA) is 66.4 Å². The van der Waals surface area contributed by atoms with Crippen LogP contribution in [0.4, 0.5) is 0 Å². The van der Waals surface area contributed by atoms with Gasteiger partial charge in [0, 0.05) is 12.6 Å². The van der Waals surface area contributed by atoms with Crippen molar-refractivity contribution in [1.82, 2.24) is 4.72 Å². The van der Waals surface area contributed by atoms with Crippen molar-refractivity contribution in [3.05, 3.63) is 23.8 Å². The van der Waals surface area contributed by atoms with Gasteiger partial charge in [-0.3, -0.25) is 0 Å². The molecule has 0 unspecified atom stereocenters. The van der Waals surface area contributed by atoms with Crippen LogP contribution in [0.5, 0.6) is 5.75 Å². The molecule has 4 nitrogen and oxygen atoms in total. The number of benzene rings is 1. The predicted octanol–water partition coefficient (Wildman–Crippen LogP) is 0.999. The molecule has 0 aromatic heterocycles. The standard InChI is InChI=1S/C9H13NO3S/c1-3-10-14(12,13)9-6-8(11)5-4-7(9)2/h4-6,10-11H,3H2,1-2H3. The fourth-order valence-electron chi connectivity index (χ4n) is 1.15. The average molecular weight is 215 g/mol. The van der Waals surface area contributed by atoms with E-state index in [-0.39, 0.29) is 10.6 Å². The molecule has 14 heavy (non-hydrogen) atoms. The second-order valence-electron chi connectivity index (χ2n) is 2.95. The lowest BCUT2D eigenvalue weighted by Crippen LogP contribution is -2.23. The highest BCUT2D eigenvalue weighted by Crippen LogP contribution is 2.20. The van der Waals surface area contributed by atoms with E-state index in [9.17, 15) is 13.5 Å². The fraction of sp³-hybridized carbons (Fsp3) is 0.333. The molecule has 1 rings (SSSR count). The van der Waals surface area contributed by atoms with Crippen LogP contribution in [0.2, 0.25) is 0 Å². The summed E-state index contributed by atoms with van der Waals surface area (Å²) in [4.78, 5) is 0.124. The zero-order valence-corrected chi connectivity index (χ0v) is 8.93. The summed E-state index contributed by atoms with van der Waals surface area (Å²) in [6.07, 6.45) is 0. The lowest BCUT2D eigenvalue weighted by molar-refractivity contribution is 0.472. The van der Waals surface area contributed by atoms with E-state index in [1.807, 2.05) is 0 Å². The van der Waals surface area contributed by atoms with Gasteiger partial charge < -0.3 is 5.11 Å². The highest BCUT2D eigenvalue weighted by atomic mass is 32.2. The van der Waals surface area contributed by atoms with Crippen molar-refractivity contribution in [2.75, 3.05) is 6.54 Å². The number of nitrogens with one attached hydrogen (secondary N) is 1. The molecule has 0 saturated carbocycles. The summed E-state index contributed by atoms with van der Waals surface area (Å²) in [6.45, 7) is 3.72. The molecular formula is C9H13NO3S. The van der Waals surface area contributed by atoms with Gasteiger partial charge in [-0.2, -0.15) is 0 Å². The van der Waals surface area contributed by atoms with E-state index in [4.69, 9.17) is 0 Å². The van der Waals surface area contributed by atoms with Gasteiger partial charge in [-0.15, -0.1) is 0 Å². The molecule has 0 heterocycles. The van der Waals surface area contributed by atoms with E-state index in [1.165, 1.54) is 12.1 Å². The van der Waals surface area contributed by atoms with Crippen LogP contribution in [0.25, 0.3) is 0 Å². The Labute approximate surface area is 83.6 Å². The number of aryl methyl sites for hydroxylation is 1. The summed E-state index contributed by atoms with van der Waals surface area (Å²) in [5.41, 5.74) is 0.615. The van der Waals surface area contributed by atoms with Crippen LogP contribution >= 0.6 is 0 Å². The van der Waals surface area contributed by atoms with Crippen molar-refractivity contribution in [3.8, 4) is 5.75 Å². The summed E-state index contributed by atoms with van der Waals surface area (Å²) >= 11 is 0. The molecule has 0 fully saturated rings. The van der Waals surface area contributed by atoms with E-state index in [2.05, 4.69) is 4.72 Å². The molecule has 0 bridgehead atoms. The zero-order chi connectivity index (χ0) is 10.8. The zero-order valence-electron chi connectivity index (χ0n) is 8.11. The maximum atomic E-state index is 11.6. The van der Waals surface area contributed by atoms with Crippen LogP contribution in [0, 0.1) is 6.92 Å². The fourth-order valence-corrected chi connectivity index (χ4v) is 2.45. The molecule has 5 heteroatoms. The third-order valence-electron chi connectivity index (χ3n) is 1.80. The predicted molar refractivity (Wildman–Crippen MR) is 53.7 cm³/mol. The van der Waals surface area contributed by atoms with Crippen molar-refractivity contribution in [2.24, 2.45) is 0 Å². The molecule has 0 atom stereocenters. The highest BCUT2D eigenvalue weighted by molar-refractivity contribution is 7.89. The van der Waals surface area contributed by atoms with Crippen LogP contribution in [-0.2, 0) is 10.0 Å². The van der Waals surface area contributed by atoms with Crippen LogP contribution in [0.1, 0.15) is 12.5 Å². The minimum Gasteiger partial charge on any atom is -0.508 e. The summed E-state index contributed by atoms with van der Waals surface area (Å²) in [5, 5.41) is 9.18. The molecule has 2 N–H and O–H groups in total. The largest absolute Gasteiger partial charge is 0.508 e. The van der Waals surface area contributed by atoms with Gasteiger partial charge in [0.25, 0.3) is 0 Å². The Kier molecular flexibility index (Phi) is 3.13. The summed E-state index contributed by atoms with van der Waals surface area (Å²) in [6, 6.07) is 4.27. The smallest absolute Gasteiger partial charge is 0.240 e. The average Bonchev–Trinajstić information content (AvgIpc) is 2.09. The number of aromatic hydroxyl groups is 1. The van der Waals surface area contributed by atoms with Crippen LogP contribution in [-0.4, -0.2) is 20.1 Å². The molecule has 1 aromatic carbocycles. The third kappa shape index (κ3) is 2.24. The van der Waals surface area contributed by atoms with E-state index in [0.717, 1.165) is 0 Å². The molecule has 0 aliphatic heterocycles. The molecule has 0 saturated heterocycles. The van der Waals surface area contributed by atoms with Gasteiger partial charge in [0.05, 0.1) is 4.90 Å². The van der Waals surface area contributed by atoms with Crippen molar-refractivity contribution in [3.63, 3.8) is 0 Å². The number of sulfonamides is 1. The van der Waals surface area contributed by atoms with Crippen LogP contribution < -0.4 is 4.72 Å². The Morgan fingerprint density at radius 2 is 2.07 bits per heavy atom. The van der Waals surface area contributed by atoms with Crippen molar-refractivity contribution in [2.45, 2.75) is 18.7 Å². The lowest BCUT2D eigenvalue weighted by atomic mass is 10.2. The van der Waals surface area contributed by atoms with Gasteiger partial charge in [-0.05, 0) is 18.6 Å². The Balaban J connectivity index is 3.25. The number of hydrogen-bond acceptors (Lipinski definition) is 3. The number of hydrogen-bond donors (Lipinski definition) is 2. The van der Waals surface area contributed by atoms with Gasteiger partial charge in [-0.1, -0.05) is 13.0 Å². The van der Waals surface area contributed by atoms with Gasteiger partial charge in [0.1, 0.15) is 5.75 Å². The van der Waals surface area contributed by atoms with Crippen LogP contribution in [0.15, 0.2) is 23.1 Å². The minimum atomic E-state index is -3.47. The van der Waals surface area contributed by atoms with Gasteiger partial charge >= 0.3 is 0 Å². The molecule has 0 aliphatic carbocycles. The van der Waals surface area contributed by atoms with Crippen molar-refractivity contribution < 1.29 is 13.5 Å². The quantitative estimate of drug-likeness (QED) is 0.790. The maximum absolute atomic E-state index is 11.6. The first-order valence-electron chi connectivity index (χ1n) is 4.26. The summed E-state index contributed by atoms with van der Waals surface area (Å²) in [7, 11) is -3.47. The second-order valence-corrected chi connectivity index (χ2v) is 4.69. The van der Waals surface area contributed by atoms with E-state index >= 15 is 0 Å². The molecule has 0 amide bonds. The van der Waals surface area contributed by atoms with Crippen LogP contribution in [0.3, 0.4) is 0 Å². The monoisotopic (exact) mass is 215 g/mol. The number of rotatable bonds is 3. The third-order valence-corrected chi connectivity index (χ3v) is 3.48. The molecular weight excluding hydrogens is 202 g/mol. The number of phenolic OH excluding ortho intramolecular Hbond substituents is 1. The van der Waals surface area contributed by atoms with E-state index in [1.54, 1.807) is 19.9 Å². The van der Waals surface area contributed by atoms with Crippen molar-refractivity contribution in [1.29, 1.82) is 0 Å². The van der Waals surface area contributed by atoms with Gasteiger partial charge in [0.2, 0.25) is 10.0 Å². The molecule has 0 aliphatic rings. The molecule has 78 valence electrons. The SMILES string of the molecule is CCNS(=O)(=O)c1cc(O)ccc1C. The Morgan fingerprint density at radius 1 is 1.43 bits per heavy atom. The maximum Gasteiger partial charge on any atom is 0.240 e. The van der Waals surface area contributed by atoms with Crippen molar-refractivity contribution >= 4 is 10.0 Å². The Morgan fingerprint density at radius 3 is 2.64 bits per heavy atom. The molecule has 0 spiro atoms. The summed E-state index contributed by atoms with van der Waals surface area (Å²) < 4.78 is 25.5. The Hall–Kier alpha value is -1.07. The van der Waals surface area contributed by atoms with E-state index in [0.29, 0.717) is 12.1 Å². The first-order valence-corrected chi connectivity index (χ1v) is 5.75. The molecule has 0 radical (unpaired) electrons. The minimum absolute atomic E-state index is 0.0490.